The van der Waals surface area contributed by atoms with E-state index in [1.807, 2.05) is 54.8 Å². The minimum absolute atomic E-state index is 0.0123. The van der Waals surface area contributed by atoms with Gasteiger partial charge >= 0.3 is 0 Å². The van der Waals surface area contributed by atoms with E-state index in [0.717, 1.165) is 28.6 Å². The predicted molar refractivity (Wildman–Crippen MR) is 93.9 cm³/mol. The van der Waals surface area contributed by atoms with Gasteiger partial charge < -0.3 is 18.8 Å². The van der Waals surface area contributed by atoms with E-state index in [0.29, 0.717) is 18.0 Å². The Morgan fingerprint density at radius 1 is 1.12 bits per heavy atom. The normalized spacial score (nSPS) is 12.4. The summed E-state index contributed by atoms with van der Waals surface area (Å²) in [5.74, 6) is 3.04. The molecule has 25 heavy (non-hydrogen) atoms. The minimum atomic E-state index is -0.0123. The van der Waals surface area contributed by atoms with Gasteiger partial charge in [-0.25, -0.2) is 0 Å². The molecule has 5 nitrogen and oxygen atoms in total. The molecule has 0 bridgehead atoms. The van der Waals surface area contributed by atoms with Crippen LogP contribution < -0.4 is 9.47 Å². The second-order valence-corrected chi connectivity index (χ2v) is 6.79. The van der Waals surface area contributed by atoms with Gasteiger partial charge in [-0.2, -0.15) is 0 Å². The first-order valence-electron chi connectivity index (χ1n) is 7.96. The van der Waals surface area contributed by atoms with Crippen molar-refractivity contribution >= 4 is 17.2 Å². The molecule has 4 rings (SSSR count). The van der Waals surface area contributed by atoms with Crippen LogP contribution in [0.3, 0.4) is 0 Å². The zero-order chi connectivity index (χ0) is 17.2. The Hall–Kier alpha value is -2.73. The molecule has 0 unspecified atom stereocenters. The second kappa shape index (κ2) is 6.64. The van der Waals surface area contributed by atoms with Gasteiger partial charge in [-0.05, 0) is 48.2 Å². The Morgan fingerprint density at radius 2 is 2.00 bits per heavy atom. The van der Waals surface area contributed by atoms with Gasteiger partial charge in [0.1, 0.15) is 11.5 Å². The fraction of sp³-hybridized carbons (Fsp3) is 0.211. The highest BCUT2D eigenvalue weighted by Crippen LogP contribution is 2.33. The minimum Gasteiger partial charge on any atom is -0.464 e. The van der Waals surface area contributed by atoms with Gasteiger partial charge in [0.15, 0.2) is 11.5 Å². The molecule has 0 radical (unpaired) electrons. The number of benzene rings is 1. The van der Waals surface area contributed by atoms with Crippen molar-refractivity contribution in [3.63, 3.8) is 0 Å². The zero-order valence-corrected chi connectivity index (χ0v) is 14.5. The summed E-state index contributed by atoms with van der Waals surface area (Å²) in [5.41, 5.74) is 0.984. The van der Waals surface area contributed by atoms with Crippen molar-refractivity contribution in [3.8, 4) is 11.5 Å². The molecule has 128 valence electrons. The molecule has 3 aromatic rings. The first kappa shape index (κ1) is 15.8. The number of rotatable bonds is 5. The summed E-state index contributed by atoms with van der Waals surface area (Å²) in [6.45, 7) is 3.02. The Morgan fingerprint density at radius 3 is 2.76 bits per heavy atom. The number of ether oxygens (including phenoxy) is 2. The Labute approximate surface area is 149 Å². The Bertz CT molecular complexity index is 885. The molecular weight excluding hydrogens is 338 g/mol. The van der Waals surface area contributed by atoms with Crippen molar-refractivity contribution in [2.75, 3.05) is 6.79 Å². The quantitative estimate of drug-likeness (QED) is 0.688. The van der Waals surface area contributed by atoms with Crippen LogP contribution in [0.15, 0.2) is 52.3 Å². The first-order chi connectivity index (χ1) is 12.2. The van der Waals surface area contributed by atoms with Crippen molar-refractivity contribution in [1.82, 2.24) is 4.90 Å². The lowest BCUT2D eigenvalue weighted by molar-refractivity contribution is 0.0722. The SMILES string of the molecule is Cc1ccc(CN(Cc2ccc3c(c2)OCO3)C(=O)c2cccs2)o1. The largest absolute Gasteiger partial charge is 0.464 e. The molecule has 0 fully saturated rings. The third-order valence-electron chi connectivity index (χ3n) is 3.97. The van der Waals surface area contributed by atoms with E-state index < -0.39 is 0 Å². The Kier molecular flexibility index (Phi) is 4.19. The number of hydrogen-bond donors (Lipinski definition) is 0. The molecule has 1 aliphatic heterocycles. The van der Waals surface area contributed by atoms with Gasteiger partial charge in [-0.1, -0.05) is 12.1 Å². The highest BCUT2D eigenvalue weighted by Gasteiger charge is 2.20. The monoisotopic (exact) mass is 355 g/mol. The molecule has 3 heterocycles. The Balaban J connectivity index is 1.59. The lowest BCUT2D eigenvalue weighted by atomic mass is 10.2. The van der Waals surface area contributed by atoms with Crippen molar-refractivity contribution in [3.05, 3.63) is 69.8 Å². The molecule has 1 aromatic carbocycles. The average Bonchev–Trinajstić information content (AvgIpc) is 3.35. The van der Waals surface area contributed by atoms with Crippen LogP contribution >= 0.6 is 11.3 Å². The van der Waals surface area contributed by atoms with Gasteiger partial charge in [-0.15, -0.1) is 11.3 Å². The second-order valence-electron chi connectivity index (χ2n) is 5.84. The van der Waals surface area contributed by atoms with Crippen LogP contribution in [0.4, 0.5) is 0 Å². The van der Waals surface area contributed by atoms with Gasteiger partial charge in [0, 0.05) is 6.54 Å². The van der Waals surface area contributed by atoms with Crippen LogP contribution in [0, 0.1) is 6.92 Å². The van der Waals surface area contributed by atoms with E-state index in [1.54, 1.807) is 4.90 Å². The highest BCUT2D eigenvalue weighted by atomic mass is 32.1. The van der Waals surface area contributed by atoms with Crippen LogP contribution in [0.2, 0.25) is 0 Å². The number of fused-ring (bicyclic) bond motifs is 1. The topological polar surface area (TPSA) is 51.9 Å². The molecule has 0 atom stereocenters. The maximum Gasteiger partial charge on any atom is 0.264 e. The number of thiophene rings is 1. The summed E-state index contributed by atoms with van der Waals surface area (Å²) in [6.07, 6.45) is 0. The lowest BCUT2D eigenvalue weighted by Crippen LogP contribution is -2.29. The number of hydrogen-bond acceptors (Lipinski definition) is 5. The van der Waals surface area contributed by atoms with Crippen LogP contribution in [-0.4, -0.2) is 17.6 Å². The summed E-state index contributed by atoms with van der Waals surface area (Å²) in [6, 6.07) is 13.3. The fourth-order valence-electron chi connectivity index (χ4n) is 2.77. The number of carbonyl (C=O) groups excluding carboxylic acids is 1. The van der Waals surface area contributed by atoms with E-state index in [2.05, 4.69) is 0 Å². The molecular formula is C19H17NO4S. The molecule has 1 aliphatic rings. The summed E-state index contributed by atoms with van der Waals surface area (Å²) in [5, 5.41) is 1.91. The zero-order valence-electron chi connectivity index (χ0n) is 13.7. The fourth-order valence-corrected chi connectivity index (χ4v) is 3.46. The summed E-state index contributed by atoms with van der Waals surface area (Å²) in [4.78, 5) is 15.4. The van der Waals surface area contributed by atoms with Crippen LogP contribution in [-0.2, 0) is 13.1 Å². The van der Waals surface area contributed by atoms with Crippen LogP contribution in [0.25, 0.3) is 0 Å². The molecule has 0 saturated heterocycles. The number of carbonyl (C=O) groups is 1. The maximum absolute atomic E-state index is 12.9. The highest BCUT2D eigenvalue weighted by molar-refractivity contribution is 7.12. The van der Waals surface area contributed by atoms with E-state index in [1.165, 1.54) is 11.3 Å². The van der Waals surface area contributed by atoms with Crippen molar-refractivity contribution in [2.45, 2.75) is 20.0 Å². The van der Waals surface area contributed by atoms with Crippen molar-refractivity contribution in [1.29, 1.82) is 0 Å². The van der Waals surface area contributed by atoms with Gasteiger partial charge in [0.25, 0.3) is 5.91 Å². The summed E-state index contributed by atoms with van der Waals surface area (Å²) in [7, 11) is 0. The smallest absolute Gasteiger partial charge is 0.264 e. The molecule has 0 aliphatic carbocycles. The van der Waals surface area contributed by atoms with E-state index >= 15 is 0 Å². The standard InChI is InChI=1S/C19H17NO4S/c1-13-4-6-15(24-13)11-20(19(21)18-3-2-8-25-18)10-14-5-7-16-17(9-14)23-12-22-16/h2-9H,10-12H2,1H3. The molecule has 0 N–H and O–H groups in total. The number of furan rings is 1. The third kappa shape index (κ3) is 3.39. The van der Waals surface area contributed by atoms with E-state index in [-0.39, 0.29) is 12.7 Å². The predicted octanol–water partition coefficient (Wildman–Crippen LogP) is 4.22. The van der Waals surface area contributed by atoms with Gasteiger partial charge in [0.05, 0.1) is 11.4 Å². The van der Waals surface area contributed by atoms with Crippen LogP contribution in [0.5, 0.6) is 11.5 Å². The van der Waals surface area contributed by atoms with Crippen molar-refractivity contribution < 1.29 is 18.7 Å². The van der Waals surface area contributed by atoms with Crippen molar-refractivity contribution in [2.24, 2.45) is 0 Å². The van der Waals surface area contributed by atoms with Gasteiger partial charge in [-0.3, -0.25) is 4.79 Å². The molecule has 0 saturated carbocycles. The summed E-state index contributed by atoms with van der Waals surface area (Å²) < 4.78 is 16.4. The average molecular weight is 355 g/mol. The molecule has 6 heteroatoms. The lowest BCUT2D eigenvalue weighted by Gasteiger charge is -2.21. The van der Waals surface area contributed by atoms with Gasteiger partial charge in [0.2, 0.25) is 6.79 Å². The van der Waals surface area contributed by atoms with E-state index in [9.17, 15) is 4.79 Å². The first-order valence-corrected chi connectivity index (χ1v) is 8.83. The summed E-state index contributed by atoms with van der Waals surface area (Å²) >= 11 is 1.44. The molecule has 2 aromatic heterocycles. The number of nitrogens with zero attached hydrogens (tertiary/aromatic N) is 1. The third-order valence-corrected chi connectivity index (χ3v) is 4.83. The van der Waals surface area contributed by atoms with Crippen LogP contribution in [0.1, 0.15) is 26.8 Å². The van der Waals surface area contributed by atoms with E-state index in [4.69, 9.17) is 13.9 Å². The maximum atomic E-state index is 12.9. The molecule has 0 spiro atoms. The number of amides is 1. The number of aryl methyl sites for hydroxylation is 1. The molecule has 1 amide bonds.